The van der Waals surface area contributed by atoms with Gasteiger partial charge < -0.3 is 38.1 Å². The second-order valence-corrected chi connectivity index (χ2v) is 11.3. The van der Waals surface area contributed by atoms with Crippen molar-refractivity contribution in [1.29, 1.82) is 0 Å². The number of hydrogen-bond acceptors (Lipinski definition) is 6. The van der Waals surface area contributed by atoms with Crippen molar-refractivity contribution in [3.8, 4) is 11.1 Å². The van der Waals surface area contributed by atoms with Gasteiger partial charge in [0.05, 0.1) is 5.56 Å². The van der Waals surface area contributed by atoms with E-state index in [1.807, 2.05) is 41.3 Å². The number of anilines is 2. The average Bonchev–Trinajstić information content (AvgIpc) is 3.03. The van der Waals surface area contributed by atoms with E-state index in [1.54, 1.807) is 6.07 Å². The molecule has 1 aliphatic heterocycles. The summed E-state index contributed by atoms with van der Waals surface area (Å²) in [6.07, 6.45) is 13.0. The van der Waals surface area contributed by atoms with Crippen LogP contribution in [-0.4, -0.2) is 42.4 Å². The van der Waals surface area contributed by atoms with Gasteiger partial charge in [-0.3, -0.25) is 7.05 Å². The number of piperidine rings is 1. The number of carboxylic acids is 1. The Labute approximate surface area is 317 Å². The van der Waals surface area contributed by atoms with Crippen molar-refractivity contribution in [2.24, 2.45) is 5.73 Å². The van der Waals surface area contributed by atoms with Crippen LogP contribution in [0.4, 0.5) is 15.8 Å². The second kappa shape index (κ2) is 22.4. The molecule has 45 heavy (non-hydrogen) atoms. The van der Waals surface area contributed by atoms with Gasteiger partial charge in [-0.15, -0.1) is 0 Å². The number of hydrogen-bond donors (Lipinski definition) is 2. The minimum absolute atomic E-state index is 0. The van der Waals surface area contributed by atoms with Gasteiger partial charge in [-0.05, 0) is 105 Å². The molecule has 238 valence electrons. The molecule has 0 atom stereocenters. The Bertz CT molecular complexity index is 1310. The van der Waals surface area contributed by atoms with Crippen LogP contribution in [0.2, 0.25) is 0 Å². The summed E-state index contributed by atoms with van der Waals surface area (Å²) < 4.78 is 14.0. The van der Waals surface area contributed by atoms with E-state index in [1.165, 1.54) is 63.8 Å². The number of nitrogens with zero attached hydrogens (tertiary/aromatic N) is 2. The molecule has 3 aromatic rings. The van der Waals surface area contributed by atoms with Crippen LogP contribution in [0.3, 0.4) is 0 Å². The van der Waals surface area contributed by atoms with Crippen LogP contribution in [-0.2, 0) is 17.4 Å². The largest absolute Gasteiger partial charge is 1.00 e. The van der Waals surface area contributed by atoms with Crippen LogP contribution < -0.4 is 62.0 Å². The molecule has 0 aromatic heterocycles. The molecule has 1 heterocycles. The Morgan fingerprint density at radius 3 is 2.04 bits per heavy atom. The molecular formula is C36H46FKN3O3S-. The standard InChI is InChI=1S/C26H26FN2O2S.C6H12.C2H5N.C2H4O.K/c1-28-12-10-17(11-13-28)20-15-24(29(2)19-6-4-3-5-7-19)25(32)16-21(20)18-8-9-23(27)22(14-18)26(30)31;1-2-4-6-5-3-1;2*1-2-3;/h3-9,14-17,32H,2,10-13H2,1H3,(H,30,31);1-6H2;2H,1,3H2;2H,1H3;/q-1;;;;+1/p-1. The van der Waals surface area contributed by atoms with Gasteiger partial charge in [-0.25, -0.2) is 9.18 Å². The number of carbonyl (C=O) groups is 2. The van der Waals surface area contributed by atoms with Crippen LogP contribution in [0.15, 0.2) is 78.3 Å². The first-order chi connectivity index (χ1) is 21.2. The Balaban J connectivity index is 0.000000662. The zero-order valence-electron chi connectivity index (χ0n) is 27.0. The van der Waals surface area contributed by atoms with E-state index in [9.17, 15) is 14.3 Å². The van der Waals surface area contributed by atoms with Crippen molar-refractivity contribution >= 4 is 36.3 Å². The van der Waals surface area contributed by atoms with E-state index in [4.69, 9.17) is 17.4 Å². The summed E-state index contributed by atoms with van der Waals surface area (Å²) in [6.45, 7) is 6.54. The van der Waals surface area contributed by atoms with E-state index in [0.29, 0.717) is 10.5 Å². The molecule has 9 heteroatoms. The summed E-state index contributed by atoms with van der Waals surface area (Å²) in [4.78, 5) is 25.1. The Morgan fingerprint density at radius 1 is 1.04 bits per heavy atom. The third-order valence-electron chi connectivity index (χ3n) is 7.66. The van der Waals surface area contributed by atoms with Gasteiger partial charge in [0.1, 0.15) is 12.1 Å². The van der Waals surface area contributed by atoms with E-state index in [2.05, 4.69) is 37.4 Å². The first kappa shape index (κ1) is 40.9. The molecule has 5 rings (SSSR count). The number of para-hydroxylation sites is 1. The van der Waals surface area contributed by atoms with Crippen LogP contribution in [0.5, 0.6) is 0 Å². The van der Waals surface area contributed by atoms with Gasteiger partial charge in [0, 0.05) is 5.69 Å². The second-order valence-electron chi connectivity index (χ2n) is 10.8. The quantitative estimate of drug-likeness (QED) is 0.163. The smallest absolute Gasteiger partial charge is 0.778 e. The van der Waals surface area contributed by atoms with Gasteiger partial charge in [0.25, 0.3) is 0 Å². The molecule has 3 aromatic carbocycles. The molecule has 0 bridgehead atoms. The Kier molecular flexibility index (Phi) is 20.4. The molecule has 0 unspecified atom stereocenters. The fraction of sp³-hybridized carbons (Fsp3) is 0.361. The van der Waals surface area contributed by atoms with Gasteiger partial charge in [0.15, 0.2) is 0 Å². The number of nitrogens with two attached hydrogens (primary N) is 1. The van der Waals surface area contributed by atoms with Crippen LogP contribution in [0.25, 0.3) is 11.1 Å². The van der Waals surface area contributed by atoms with Gasteiger partial charge in [-0.2, -0.15) is 4.90 Å². The SMILES string of the molecule is C1CCCCC1.C=CN.CC=O.[CH2-]N(c1ccccc1)c1cc(C2CCN(C)CC2)c(-c2ccc(F)c(C(=O)O)c2)cc1[S-].[K+]. The number of aldehydes is 1. The molecule has 2 aliphatic rings. The van der Waals surface area contributed by atoms with Crippen molar-refractivity contribution in [2.45, 2.75) is 69.1 Å². The van der Waals surface area contributed by atoms with Crippen LogP contribution >= 0.6 is 0 Å². The molecule has 1 saturated carbocycles. The molecular weight excluding hydrogens is 613 g/mol. The minimum Gasteiger partial charge on any atom is -0.778 e. The number of aromatic carboxylic acids is 1. The summed E-state index contributed by atoms with van der Waals surface area (Å²) in [5.41, 5.74) is 8.63. The summed E-state index contributed by atoms with van der Waals surface area (Å²) in [7, 11) is 6.33. The maximum absolute atomic E-state index is 14.0. The third kappa shape index (κ3) is 13.3. The molecule has 0 radical (unpaired) electrons. The molecule has 2 fully saturated rings. The zero-order chi connectivity index (χ0) is 32.5. The predicted molar refractivity (Wildman–Crippen MR) is 182 cm³/mol. The normalized spacial score (nSPS) is 14.4. The molecule has 1 saturated heterocycles. The number of benzene rings is 3. The van der Waals surface area contributed by atoms with Crippen molar-refractivity contribution in [3.05, 3.63) is 97.4 Å². The van der Waals surface area contributed by atoms with Gasteiger partial charge >= 0.3 is 57.4 Å². The monoisotopic (exact) mass is 658 g/mol. The topological polar surface area (TPSA) is 86.9 Å². The average molecular weight is 659 g/mol. The summed E-state index contributed by atoms with van der Waals surface area (Å²) in [5, 5.41) is 9.40. The minimum atomic E-state index is -1.28. The summed E-state index contributed by atoms with van der Waals surface area (Å²) >= 11 is 5.73. The predicted octanol–water partition coefficient (Wildman–Crippen LogP) is 5.47. The van der Waals surface area contributed by atoms with Crippen LogP contribution in [0, 0.1) is 12.9 Å². The molecule has 0 amide bonds. The summed E-state index contributed by atoms with van der Waals surface area (Å²) in [6, 6.07) is 18.0. The number of carboxylic acid groups (broad SMARTS) is 1. The fourth-order valence-corrected chi connectivity index (χ4v) is 5.65. The Morgan fingerprint density at radius 2 is 1.56 bits per heavy atom. The Hall–Kier alpha value is -2.11. The fourth-order valence-electron chi connectivity index (χ4n) is 5.37. The molecule has 3 N–H and O–H groups in total. The van der Waals surface area contributed by atoms with E-state index in [0.717, 1.165) is 54.7 Å². The van der Waals surface area contributed by atoms with E-state index in [-0.39, 0.29) is 62.9 Å². The van der Waals surface area contributed by atoms with E-state index >= 15 is 0 Å². The van der Waals surface area contributed by atoms with E-state index < -0.39 is 11.8 Å². The van der Waals surface area contributed by atoms with Crippen molar-refractivity contribution in [3.63, 3.8) is 0 Å². The van der Waals surface area contributed by atoms with Crippen molar-refractivity contribution < 1.29 is 70.5 Å². The number of likely N-dealkylation sites (tertiary alicyclic amines) is 1. The molecule has 0 spiro atoms. The maximum Gasteiger partial charge on any atom is 1.00 e. The number of halogens is 1. The maximum atomic E-state index is 14.0. The van der Waals surface area contributed by atoms with Gasteiger partial charge in [-0.1, -0.05) is 75.4 Å². The number of carbonyl (C=O) groups excluding carboxylic acids is 1. The third-order valence-corrected chi connectivity index (χ3v) is 7.98. The van der Waals surface area contributed by atoms with Crippen molar-refractivity contribution in [2.75, 3.05) is 25.0 Å². The first-order valence-electron chi connectivity index (χ1n) is 15.1. The number of rotatable bonds is 5. The first-order valence-corrected chi connectivity index (χ1v) is 15.5. The van der Waals surface area contributed by atoms with Gasteiger partial charge in [0.2, 0.25) is 0 Å². The zero-order valence-corrected chi connectivity index (χ0v) is 31.0. The molecule has 6 nitrogen and oxygen atoms in total. The summed E-state index contributed by atoms with van der Waals surface area (Å²) in [5.74, 6) is -1.74. The van der Waals surface area contributed by atoms with Crippen molar-refractivity contribution in [1.82, 2.24) is 4.90 Å². The molecule has 1 aliphatic carbocycles. The van der Waals surface area contributed by atoms with Crippen LogP contribution in [0.1, 0.15) is 80.1 Å².